The summed E-state index contributed by atoms with van der Waals surface area (Å²) < 4.78 is 38.7. The standard InChI is InChI=1S/C32H35F3N4O/c1-23-20-29(14-17-36-23)37-28-11-6-26(7-12-28)22-39(30-15-18-38(19-16-30)21-25-2-3-25)31(40)13-8-24-4-9-27(10-5-24)32(33,34)35/h4-14,17,20,25,30H,2-3,15-16,18-19,21-22H2,1H3,(H,36,37)/b13-8+. The lowest BCUT2D eigenvalue weighted by molar-refractivity contribution is -0.137. The molecule has 1 saturated heterocycles. The Morgan fingerprint density at radius 1 is 1.00 bits per heavy atom. The predicted octanol–water partition coefficient (Wildman–Crippen LogP) is 7.07. The monoisotopic (exact) mass is 548 g/mol. The minimum atomic E-state index is -4.38. The van der Waals surface area contributed by atoms with E-state index in [1.165, 1.54) is 31.1 Å². The molecular weight excluding hydrogens is 513 g/mol. The second kappa shape index (κ2) is 12.3. The third-order valence-electron chi connectivity index (χ3n) is 7.64. The fourth-order valence-corrected chi connectivity index (χ4v) is 5.19. The maximum Gasteiger partial charge on any atom is 0.416 e. The Hall–Kier alpha value is -3.65. The average molecular weight is 549 g/mol. The lowest BCUT2D eigenvalue weighted by Gasteiger charge is -2.38. The Morgan fingerprint density at radius 3 is 2.33 bits per heavy atom. The summed E-state index contributed by atoms with van der Waals surface area (Å²) >= 11 is 0. The van der Waals surface area contributed by atoms with Gasteiger partial charge in [-0.3, -0.25) is 9.78 Å². The van der Waals surface area contributed by atoms with Crippen LogP contribution in [0.3, 0.4) is 0 Å². The van der Waals surface area contributed by atoms with E-state index in [4.69, 9.17) is 0 Å². The number of nitrogens with zero attached hydrogens (tertiary/aromatic N) is 3. The zero-order valence-electron chi connectivity index (χ0n) is 22.7. The van der Waals surface area contributed by atoms with Crippen molar-refractivity contribution in [1.82, 2.24) is 14.8 Å². The molecule has 5 rings (SSSR count). The van der Waals surface area contributed by atoms with E-state index in [2.05, 4.69) is 15.2 Å². The second-order valence-electron chi connectivity index (χ2n) is 10.9. The number of piperidine rings is 1. The van der Waals surface area contributed by atoms with Gasteiger partial charge >= 0.3 is 6.18 Å². The van der Waals surface area contributed by atoms with Crippen molar-refractivity contribution in [2.75, 3.05) is 25.0 Å². The zero-order valence-corrected chi connectivity index (χ0v) is 22.7. The molecule has 0 bridgehead atoms. The number of nitrogens with one attached hydrogen (secondary N) is 1. The molecule has 1 saturated carbocycles. The molecule has 1 aliphatic carbocycles. The van der Waals surface area contributed by atoms with Crippen LogP contribution in [0, 0.1) is 12.8 Å². The molecule has 1 aliphatic heterocycles. The first-order valence-electron chi connectivity index (χ1n) is 13.9. The van der Waals surface area contributed by atoms with Crippen molar-refractivity contribution in [2.45, 2.75) is 51.4 Å². The molecule has 210 valence electrons. The van der Waals surface area contributed by atoms with Gasteiger partial charge in [0.2, 0.25) is 5.91 Å². The Bertz CT molecular complexity index is 1310. The lowest BCUT2D eigenvalue weighted by atomic mass is 10.0. The quantitative estimate of drug-likeness (QED) is 0.291. The van der Waals surface area contributed by atoms with Crippen LogP contribution in [0.1, 0.15) is 48.1 Å². The number of aryl methyl sites for hydroxylation is 1. The molecule has 0 spiro atoms. The topological polar surface area (TPSA) is 48.5 Å². The Balaban J connectivity index is 1.27. The summed E-state index contributed by atoms with van der Waals surface area (Å²) in [7, 11) is 0. The number of amides is 1. The van der Waals surface area contributed by atoms with Crippen LogP contribution in [0.15, 0.2) is 72.9 Å². The van der Waals surface area contributed by atoms with E-state index in [0.717, 1.165) is 73.2 Å². The van der Waals surface area contributed by atoms with Gasteiger partial charge in [-0.1, -0.05) is 24.3 Å². The molecule has 2 heterocycles. The van der Waals surface area contributed by atoms with Gasteiger partial charge in [0.1, 0.15) is 0 Å². The summed E-state index contributed by atoms with van der Waals surface area (Å²) in [6.07, 6.45) is 4.94. The van der Waals surface area contributed by atoms with Gasteiger partial charge in [0.25, 0.3) is 0 Å². The molecule has 2 aromatic carbocycles. The van der Waals surface area contributed by atoms with Gasteiger partial charge in [0, 0.05) is 61.6 Å². The molecule has 0 atom stereocenters. The summed E-state index contributed by atoms with van der Waals surface area (Å²) in [6.45, 7) is 5.52. The minimum Gasteiger partial charge on any atom is -0.355 e. The highest BCUT2D eigenvalue weighted by atomic mass is 19.4. The Labute approximate surface area is 233 Å². The number of alkyl halides is 3. The highest BCUT2D eigenvalue weighted by Crippen LogP contribution is 2.32. The summed E-state index contributed by atoms with van der Waals surface area (Å²) in [6, 6.07) is 16.9. The van der Waals surface area contributed by atoms with Gasteiger partial charge in [-0.2, -0.15) is 13.2 Å². The van der Waals surface area contributed by atoms with E-state index < -0.39 is 11.7 Å². The van der Waals surface area contributed by atoms with Gasteiger partial charge in [-0.25, -0.2) is 0 Å². The number of carbonyl (C=O) groups is 1. The third-order valence-corrected chi connectivity index (χ3v) is 7.64. The average Bonchev–Trinajstić information content (AvgIpc) is 3.76. The minimum absolute atomic E-state index is 0.109. The molecule has 3 aromatic rings. The molecule has 0 radical (unpaired) electrons. The fourth-order valence-electron chi connectivity index (χ4n) is 5.19. The van der Waals surface area contributed by atoms with E-state index in [0.29, 0.717) is 12.1 Å². The highest BCUT2D eigenvalue weighted by Gasteiger charge is 2.31. The van der Waals surface area contributed by atoms with Crippen LogP contribution >= 0.6 is 0 Å². The summed E-state index contributed by atoms with van der Waals surface area (Å²) in [4.78, 5) is 22.1. The largest absolute Gasteiger partial charge is 0.416 e. The number of carbonyl (C=O) groups excluding carboxylic acids is 1. The van der Waals surface area contributed by atoms with Gasteiger partial charge in [0.05, 0.1) is 5.56 Å². The fraction of sp³-hybridized carbons (Fsp3) is 0.375. The number of likely N-dealkylation sites (tertiary alicyclic amines) is 1. The van der Waals surface area contributed by atoms with Crippen LogP contribution in [0.2, 0.25) is 0 Å². The first kappa shape index (κ1) is 27.9. The molecule has 1 N–H and O–H groups in total. The molecule has 40 heavy (non-hydrogen) atoms. The number of aromatic nitrogens is 1. The number of hydrogen-bond donors (Lipinski definition) is 1. The first-order chi connectivity index (χ1) is 19.2. The predicted molar refractivity (Wildman–Crippen MR) is 152 cm³/mol. The van der Waals surface area contributed by atoms with Gasteiger partial charge in [-0.15, -0.1) is 0 Å². The highest BCUT2D eigenvalue weighted by molar-refractivity contribution is 5.92. The molecule has 5 nitrogen and oxygen atoms in total. The van der Waals surface area contributed by atoms with Crippen molar-refractivity contribution in [3.05, 3.63) is 95.3 Å². The maximum absolute atomic E-state index is 13.5. The van der Waals surface area contributed by atoms with Gasteiger partial charge < -0.3 is 15.1 Å². The van der Waals surface area contributed by atoms with Crippen LogP contribution < -0.4 is 5.32 Å². The Morgan fingerprint density at radius 2 is 1.70 bits per heavy atom. The SMILES string of the molecule is Cc1cc(Nc2ccc(CN(C(=O)/C=C/c3ccc(C(F)(F)F)cc3)C3CCN(CC4CC4)CC3)cc2)ccn1. The smallest absolute Gasteiger partial charge is 0.355 e. The number of anilines is 2. The van der Waals surface area contributed by atoms with Crippen molar-refractivity contribution >= 4 is 23.4 Å². The number of hydrogen-bond acceptors (Lipinski definition) is 4. The number of benzene rings is 2. The van der Waals surface area contributed by atoms with E-state index >= 15 is 0 Å². The van der Waals surface area contributed by atoms with Crippen LogP contribution in [0.4, 0.5) is 24.5 Å². The van der Waals surface area contributed by atoms with Crippen molar-refractivity contribution in [3.63, 3.8) is 0 Å². The van der Waals surface area contributed by atoms with Crippen molar-refractivity contribution < 1.29 is 18.0 Å². The Kier molecular flexibility index (Phi) is 8.54. The van der Waals surface area contributed by atoms with Crippen LogP contribution in [0.25, 0.3) is 6.08 Å². The van der Waals surface area contributed by atoms with Crippen molar-refractivity contribution in [2.24, 2.45) is 5.92 Å². The third kappa shape index (κ3) is 7.72. The van der Waals surface area contributed by atoms with Crippen LogP contribution in [-0.2, 0) is 17.5 Å². The van der Waals surface area contributed by atoms with E-state index in [1.807, 2.05) is 48.2 Å². The maximum atomic E-state index is 13.5. The van der Waals surface area contributed by atoms with Gasteiger partial charge in [0.15, 0.2) is 0 Å². The summed E-state index contributed by atoms with van der Waals surface area (Å²) in [5.74, 6) is 0.708. The molecular formula is C32H35F3N4O. The summed E-state index contributed by atoms with van der Waals surface area (Å²) in [5, 5.41) is 3.38. The number of rotatable bonds is 9. The molecule has 1 amide bonds. The number of halogens is 3. The number of pyridine rings is 1. The van der Waals surface area contributed by atoms with E-state index in [-0.39, 0.29) is 11.9 Å². The van der Waals surface area contributed by atoms with Gasteiger partial charge in [-0.05, 0) is 92.1 Å². The molecule has 0 unspecified atom stereocenters. The first-order valence-corrected chi connectivity index (χ1v) is 13.9. The van der Waals surface area contributed by atoms with Crippen molar-refractivity contribution in [1.29, 1.82) is 0 Å². The molecule has 8 heteroatoms. The molecule has 2 fully saturated rings. The summed E-state index contributed by atoms with van der Waals surface area (Å²) in [5.41, 5.74) is 3.72. The molecule has 2 aliphatic rings. The van der Waals surface area contributed by atoms with E-state index in [9.17, 15) is 18.0 Å². The molecule has 1 aromatic heterocycles. The zero-order chi connectivity index (χ0) is 28.1. The lowest BCUT2D eigenvalue weighted by Crippen LogP contribution is -2.47. The van der Waals surface area contributed by atoms with Crippen LogP contribution in [-0.4, -0.2) is 46.4 Å². The van der Waals surface area contributed by atoms with Crippen molar-refractivity contribution in [3.8, 4) is 0 Å². The normalized spacial score (nSPS) is 16.8. The van der Waals surface area contributed by atoms with E-state index in [1.54, 1.807) is 12.3 Å². The van der Waals surface area contributed by atoms with Crippen LogP contribution in [0.5, 0.6) is 0 Å². The second-order valence-corrected chi connectivity index (χ2v) is 10.9.